The van der Waals surface area contributed by atoms with Gasteiger partial charge in [-0.05, 0) is 53.4 Å². The largest absolute Gasteiger partial charge is 0.467 e. The molecule has 0 aliphatic carbocycles. The van der Waals surface area contributed by atoms with Crippen molar-refractivity contribution >= 4 is 45.9 Å². The molecule has 1 N–H and O–H groups in total. The number of para-hydroxylation sites is 1. The average Bonchev–Trinajstić information content (AvgIpc) is 2.98. The highest BCUT2D eigenvalue weighted by Gasteiger charge is 2.28. The second kappa shape index (κ2) is 13.2. The summed E-state index contributed by atoms with van der Waals surface area (Å²) >= 11 is 12.4. The number of benzene rings is 3. The number of rotatable bonds is 9. The first-order valence-electron chi connectivity index (χ1n) is 13.9. The van der Waals surface area contributed by atoms with Gasteiger partial charge in [-0.3, -0.25) is 9.80 Å². The second-order valence-electron chi connectivity index (χ2n) is 10.7. The zero-order chi connectivity index (χ0) is 28.9. The molecule has 0 saturated carbocycles. The molecular weight excluding hydrogens is 557 g/mol. The molecule has 7 nitrogen and oxygen atoms in total. The minimum absolute atomic E-state index is 0.0296. The van der Waals surface area contributed by atoms with Crippen molar-refractivity contribution in [3.05, 3.63) is 99.8 Å². The first kappa shape index (κ1) is 29.3. The number of carbonyl (C=O) groups is 1. The number of carbonyl (C=O) groups excluding carboxylic acids is 1. The van der Waals surface area contributed by atoms with E-state index in [1.54, 1.807) is 0 Å². The highest BCUT2D eigenvalue weighted by molar-refractivity contribution is 6.30. The fourth-order valence-electron chi connectivity index (χ4n) is 5.36. The Morgan fingerprint density at radius 2 is 1.46 bits per heavy atom. The molecule has 3 aromatic carbocycles. The van der Waals surface area contributed by atoms with Gasteiger partial charge in [-0.1, -0.05) is 73.4 Å². The third kappa shape index (κ3) is 6.99. The molecule has 1 atom stereocenters. The van der Waals surface area contributed by atoms with E-state index in [4.69, 9.17) is 37.9 Å². The lowest BCUT2D eigenvalue weighted by Gasteiger charge is -2.39. The van der Waals surface area contributed by atoms with E-state index in [1.165, 1.54) is 18.2 Å². The normalized spacial score (nSPS) is 15.4. The average molecular weight is 593 g/mol. The SMILES string of the molecule is COC(=O)C(Nc1nc(CN2CCN(C(c3ccc(Cl)cc3)c3ccc(Cl)cc3)CC2)nc2ccccc12)C(C)C. The molecular formula is C32H35Cl2N5O2. The van der Waals surface area contributed by atoms with E-state index in [0.717, 1.165) is 53.0 Å². The van der Waals surface area contributed by atoms with Gasteiger partial charge >= 0.3 is 5.97 Å². The van der Waals surface area contributed by atoms with Gasteiger partial charge in [-0.25, -0.2) is 14.8 Å². The van der Waals surface area contributed by atoms with Crippen molar-refractivity contribution in [2.45, 2.75) is 32.5 Å². The first-order chi connectivity index (χ1) is 19.8. The fraction of sp³-hybridized carbons (Fsp3) is 0.344. The highest BCUT2D eigenvalue weighted by atomic mass is 35.5. The molecule has 1 aliphatic rings. The third-order valence-corrected chi connectivity index (χ3v) is 8.08. The lowest BCUT2D eigenvalue weighted by atomic mass is 9.96. The number of hydrogen-bond acceptors (Lipinski definition) is 7. The molecule has 0 amide bonds. The first-order valence-corrected chi connectivity index (χ1v) is 14.7. The van der Waals surface area contributed by atoms with Gasteiger partial charge in [0.25, 0.3) is 0 Å². The molecule has 1 unspecified atom stereocenters. The molecule has 1 aliphatic heterocycles. The zero-order valence-corrected chi connectivity index (χ0v) is 25.1. The smallest absolute Gasteiger partial charge is 0.328 e. The molecule has 1 fully saturated rings. The number of aromatic nitrogens is 2. The Morgan fingerprint density at radius 3 is 2.02 bits per heavy atom. The minimum atomic E-state index is -0.507. The van der Waals surface area contributed by atoms with Crippen LogP contribution in [0.15, 0.2) is 72.8 Å². The van der Waals surface area contributed by atoms with Crippen LogP contribution in [0.2, 0.25) is 10.0 Å². The number of nitrogens with one attached hydrogen (secondary N) is 1. The van der Waals surface area contributed by atoms with Crippen LogP contribution in [-0.2, 0) is 16.1 Å². The molecule has 9 heteroatoms. The van der Waals surface area contributed by atoms with E-state index in [9.17, 15) is 4.79 Å². The summed E-state index contributed by atoms with van der Waals surface area (Å²) < 4.78 is 5.04. The van der Waals surface area contributed by atoms with Crippen molar-refractivity contribution in [2.75, 3.05) is 38.6 Å². The maximum Gasteiger partial charge on any atom is 0.328 e. The molecule has 4 aromatic rings. The monoisotopic (exact) mass is 591 g/mol. The van der Waals surface area contributed by atoms with E-state index in [1.807, 2.05) is 62.4 Å². The van der Waals surface area contributed by atoms with Gasteiger partial charge in [0.1, 0.15) is 17.7 Å². The van der Waals surface area contributed by atoms with Crippen molar-refractivity contribution in [1.29, 1.82) is 0 Å². The van der Waals surface area contributed by atoms with Crippen LogP contribution in [0.1, 0.15) is 36.8 Å². The lowest BCUT2D eigenvalue weighted by molar-refractivity contribution is -0.142. The fourth-order valence-corrected chi connectivity index (χ4v) is 5.61. The van der Waals surface area contributed by atoms with Gasteiger partial charge in [0, 0.05) is 41.6 Å². The lowest BCUT2D eigenvalue weighted by Crippen LogP contribution is -2.47. The third-order valence-electron chi connectivity index (χ3n) is 7.57. The van der Waals surface area contributed by atoms with Gasteiger partial charge in [0.05, 0.1) is 25.2 Å². The summed E-state index contributed by atoms with van der Waals surface area (Å²) in [4.78, 5) is 27.1. The van der Waals surface area contributed by atoms with Crippen molar-refractivity contribution < 1.29 is 9.53 Å². The van der Waals surface area contributed by atoms with E-state index < -0.39 is 6.04 Å². The molecule has 2 heterocycles. The summed E-state index contributed by atoms with van der Waals surface area (Å²) in [5.74, 6) is 1.09. The van der Waals surface area contributed by atoms with Crippen LogP contribution in [0.25, 0.3) is 10.9 Å². The van der Waals surface area contributed by atoms with Crippen molar-refractivity contribution in [1.82, 2.24) is 19.8 Å². The number of nitrogens with zero attached hydrogens (tertiary/aromatic N) is 4. The summed E-state index contributed by atoms with van der Waals surface area (Å²) in [6.45, 7) is 8.09. The van der Waals surface area contributed by atoms with Crippen LogP contribution >= 0.6 is 23.2 Å². The molecule has 5 rings (SSSR count). The molecule has 0 radical (unpaired) electrons. The summed E-state index contributed by atoms with van der Waals surface area (Å²) in [6.07, 6.45) is 0. The van der Waals surface area contributed by atoms with Crippen LogP contribution in [0.5, 0.6) is 0 Å². The number of halogens is 2. The quantitative estimate of drug-likeness (QED) is 0.224. The predicted octanol–water partition coefficient (Wildman–Crippen LogP) is 6.45. The zero-order valence-electron chi connectivity index (χ0n) is 23.6. The van der Waals surface area contributed by atoms with Crippen LogP contribution in [0.4, 0.5) is 5.82 Å². The van der Waals surface area contributed by atoms with E-state index in [0.29, 0.717) is 12.4 Å². The van der Waals surface area contributed by atoms with Gasteiger partial charge in [0.15, 0.2) is 0 Å². The van der Waals surface area contributed by atoms with E-state index >= 15 is 0 Å². The van der Waals surface area contributed by atoms with Crippen LogP contribution in [0, 0.1) is 5.92 Å². The Morgan fingerprint density at radius 1 is 0.878 bits per heavy atom. The van der Waals surface area contributed by atoms with Crippen LogP contribution < -0.4 is 5.32 Å². The van der Waals surface area contributed by atoms with E-state index in [2.05, 4.69) is 39.4 Å². The number of hydrogen-bond donors (Lipinski definition) is 1. The van der Waals surface area contributed by atoms with Gasteiger partial charge in [0.2, 0.25) is 0 Å². The molecule has 0 bridgehead atoms. The van der Waals surface area contributed by atoms with Gasteiger partial charge < -0.3 is 10.1 Å². The molecule has 1 saturated heterocycles. The number of esters is 1. The summed E-state index contributed by atoms with van der Waals surface area (Å²) in [5.41, 5.74) is 3.24. The number of fused-ring (bicyclic) bond motifs is 1. The maximum atomic E-state index is 12.5. The second-order valence-corrected chi connectivity index (χ2v) is 11.6. The predicted molar refractivity (Wildman–Crippen MR) is 165 cm³/mol. The Balaban J connectivity index is 1.34. The molecule has 41 heavy (non-hydrogen) atoms. The summed E-state index contributed by atoms with van der Waals surface area (Å²) in [7, 11) is 1.41. The van der Waals surface area contributed by atoms with Crippen molar-refractivity contribution in [3.63, 3.8) is 0 Å². The Kier molecular flexibility index (Phi) is 9.40. The number of methoxy groups -OCH3 is 1. The van der Waals surface area contributed by atoms with E-state index in [-0.39, 0.29) is 17.9 Å². The number of anilines is 1. The Labute approximate surface area is 251 Å². The molecule has 214 valence electrons. The van der Waals surface area contributed by atoms with Crippen molar-refractivity contribution in [2.24, 2.45) is 5.92 Å². The summed E-state index contributed by atoms with van der Waals surface area (Å²) in [6, 6.07) is 23.7. The van der Waals surface area contributed by atoms with Crippen molar-refractivity contribution in [3.8, 4) is 0 Å². The maximum absolute atomic E-state index is 12.5. The van der Waals surface area contributed by atoms with Gasteiger partial charge in [-0.2, -0.15) is 0 Å². The number of piperazine rings is 1. The molecule has 1 aromatic heterocycles. The topological polar surface area (TPSA) is 70.6 Å². The van der Waals surface area contributed by atoms with Gasteiger partial charge in [-0.15, -0.1) is 0 Å². The highest BCUT2D eigenvalue weighted by Crippen LogP contribution is 2.31. The van der Waals surface area contributed by atoms with Crippen LogP contribution in [0.3, 0.4) is 0 Å². The van der Waals surface area contributed by atoms with Crippen LogP contribution in [-0.4, -0.2) is 65.1 Å². The standard InChI is InChI=1S/C32H35Cl2N5O2/c1-21(2)29(32(40)41-3)37-31-26-6-4-5-7-27(26)35-28(36-31)20-38-16-18-39(19-17-38)30(22-8-12-24(33)13-9-22)23-10-14-25(34)15-11-23/h4-15,21,29-30H,16-20H2,1-3H3,(H,35,36,37). The minimum Gasteiger partial charge on any atom is -0.467 e. The Hall–Kier alpha value is -3.23. The summed E-state index contributed by atoms with van der Waals surface area (Å²) in [5, 5.41) is 5.68. The Bertz CT molecular complexity index is 1430. The number of ether oxygens (including phenoxy) is 1. The molecule has 0 spiro atoms.